The Labute approximate surface area is 75.5 Å². The Balaban J connectivity index is 1.96. The van der Waals surface area contributed by atoms with Crippen molar-refractivity contribution in [3.63, 3.8) is 0 Å². The molecule has 1 heteroatoms. The molecule has 0 heterocycles. The molecule has 0 radical (unpaired) electrons. The highest BCUT2D eigenvalue weighted by atomic mass is 16.5. The van der Waals surface area contributed by atoms with Crippen molar-refractivity contribution in [2.24, 2.45) is 23.7 Å². The van der Waals surface area contributed by atoms with E-state index < -0.39 is 0 Å². The fraction of sp³-hybridized carbons (Fsp3) is 1.00. The maximum Gasteiger partial charge on any atom is 0.0493 e. The fourth-order valence-electron chi connectivity index (χ4n) is 3.43. The molecule has 2 fully saturated rings. The molecule has 2 aliphatic carbocycles. The summed E-state index contributed by atoms with van der Waals surface area (Å²) >= 11 is 0. The molecule has 0 spiro atoms. The van der Waals surface area contributed by atoms with Crippen LogP contribution >= 0.6 is 0 Å². The third kappa shape index (κ3) is 1.28. The molecule has 2 rings (SSSR count). The molecule has 3 unspecified atom stereocenters. The van der Waals surface area contributed by atoms with E-state index in [1.165, 1.54) is 25.7 Å². The molecular formula is C11H20O. The van der Waals surface area contributed by atoms with Gasteiger partial charge in [-0.15, -0.1) is 0 Å². The zero-order chi connectivity index (χ0) is 8.55. The van der Waals surface area contributed by atoms with E-state index in [1.807, 2.05) is 7.11 Å². The number of ether oxygens (including phenoxy) is 1. The van der Waals surface area contributed by atoms with Gasteiger partial charge < -0.3 is 4.74 Å². The summed E-state index contributed by atoms with van der Waals surface area (Å²) in [6, 6.07) is 0. The average molecular weight is 168 g/mol. The summed E-state index contributed by atoms with van der Waals surface area (Å²) in [5.74, 6) is 3.95. The third-order valence-electron chi connectivity index (χ3n) is 4.09. The minimum atomic E-state index is 0.893. The topological polar surface area (TPSA) is 9.23 Å². The second-order valence-electron chi connectivity index (χ2n) is 4.68. The molecule has 12 heavy (non-hydrogen) atoms. The lowest BCUT2D eigenvalue weighted by Crippen LogP contribution is -2.15. The van der Waals surface area contributed by atoms with E-state index in [0.29, 0.717) is 0 Å². The Morgan fingerprint density at radius 1 is 1.08 bits per heavy atom. The smallest absolute Gasteiger partial charge is 0.0493 e. The van der Waals surface area contributed by atoms with Gasteiger partial charge in [-0.2, -0.15) is 0 Å². The SMILES string of the molecule is COCC1CCC2C1CC[C@@H]2C. The van der Waals surface area contributed by atoms with Crippen molar-refractivity contribution in [1.29, 1.82) is 0 Å². The summed E-state index contributed by atoms with van der Waals surface area (Å²) in [6.07, 6.45) is 5.84. The van der Waals surface area contributed by atoms with E-state index in [2.05, 4.69) is 6.92 Å². The summed E-state index contributed by atoms with van der Waals surface area (Å²) < 4.78 is 5.27. The van der Waals surface area contributed by atoms with Crippen LogP contribution in [0.3, 0.4) is 0 Å². The quantitative estimate of drug-likeness (QED) is 0.616. The fourth-order valence-corrected chi connectivity index (χ4v) is 3.43. The van der Waals surface area contributed by atoms with Crippen LogP contribution in [0.5, 0.6) is 0 Å². The highest BCUT2D eigenvalue weighted by Gasteiger charge is 2.42. The molecule has 0 aromatic rings. The van der Waals surface area contributed by atoms with E-state index in [4.69, 9.17) is 4.74 Å². The summed E-state index contributed by atoms with van der Waals surface area (Å²) in [5.41, 5.74) is 0. The molecule has 0 N–H and O–H groups in total. The van der Waals surface area contributed by atoms with E-state index in [-0.39, 0.29) is 0 Å². The summed E-state index contributed by atoms with van der Waals surface area (Å²) in [6.45, 7) is 3.44. The summed E-state index contributed by atoms with van der Waals surface area (Å²) in [4.78, 5) is 0. The minimum absolute atomic E-state index is 0.893. The molecule has 70 valence electrons. The minimum Gasteiger partial charge on any atom is -0.384 e. The Kier molecular flexibility index (Phi) is 2.40. The maximum atomic E-state index is 5.27. The average Bonchev–Trinajstić information content (AvgIpc) is 2.58. The van der Waals surface area contributed by atoms with Crippen LogP contribution < -0.4 is 0 Å². The normalized spacial score (nSPS) is 46.5. The van der Waals surface area contributed by atoms with Gasteiger partial charge in [-0.25, -0.2) is 0 Å². The molecule has 0 bridgehead atoms. The predicted molar refractivity (Wildman–Crippen MR) is 50.0 cm³/mol. The lowest BCUT2D eigenvalue weighted by Gasteiger charge is -2.18. The highest BCUT2D eigenvalue weighted by Crippen LogP contribution is 2.50. The van der Waals surface area contributed by atoms with Crippen LogP contribution in [0, 0.1) is 23.7 Å². The molecule has 0 aromatic heterocycles. The second kappa shape index (κ2) is 3.37. The van der Waals surface area contributed by atoms with Crippen LogP contribution in [0.25, 0.3) is 0 Å². The number of hydrogen-bond acceptors (Lipinski definition) is 1. The lowest BCUT2D eigenvalue weighted by molar-refractivity contribution is 0.128. The Morgan fingerprint density at radius 3 is 2.58 bits per heavy atom. The predicted octanol–water partition coefficient (Wildman–Crippen LogP) is 2.71. The van der Waals surface area contributed by atoms with Gasteiger partial charge in [0, 0.05) is 13.7 Å². The lowest BCUT2D eigenvalue weighted by atomic mass is 9.90. The molecular weight excluding hydrogens is 148 g/mol. The van der Waals surface area contributed by atoms with Crippen molar-refractivity contribution in [3.8, 4) is 0 Å². The van der Waals surface area contributed by atoms with E-state index in [0.717, 1.165) is 30.3 Å². The second-order valence-corrected chi connectivity index (χ2v) is 4.68. The van der Waals surface area contributed by atoms with Gasteiger partial charge in [-0.3, -0.25) is 0 Å². The van der Waals surface area contributed by atoms with Crippen molar-refractivity contribution in [3.05, 3.63) is 0 Å². The van der Waals surface area contributed by atoms with Crippen LogP contribution in [0.1, 0.15) is 32.6 Å². The Hall–Kier alpha value is -0.0400. The molecule has 0 amide bonds. The molecule has 2 aliphatic rings. The summed E-state index contributed by atoms with van der Waals surface area (Å²) in [7, 11) is 1.84. The van der Waals surface area contributed by atoms with Crippen LogP contribution in [-0.4, -0.2) is 13.7 Å². The van der Waals surface area contributed by atoms with Gasteiger partial charge in [-0.1, -0.05) is 13.3 Å². The van der Waals surface area contributed by atoms with Gasteiger partial charge in [0.15, 0.2) is 0 Å². The monoisotopic (exact) mass is 168 g/mol. The molecule has 4 atom stereocenters. The van der Waals surface area contributed by atoms with Gasteiger partial charge >= 0.3 is 0 Å². The van der Waals surface area contributed by atoms with Gasteiger partial charge in [0.05, 0.1) is 0 Å². The summed E-state index contributed by atoms with van der Waals surface area (Å²) in [5, 5.41) is 0. The van der Waals surface area contributed by atoms with E-state index in [9.17, 15) is 0 Å². The Morgan fingerprint density at radius 2 is 1.83 bits per heavy atom. The first-order chi connectivity index (χ1) is 5.83. The standard InChI is InChI=1S/C11H20O/c1-8-3-5-11-9(7-12-2)4-6-10(8)11/h8-11H,3-7H2,1-2H3/t8-,9?,10?,11?/m0/s1. The molecule has 0 saturated heterocycles. The number of hydrogen-bond donors (Lipinski definition) is 0. The number of methoxy groups -OCH3 is 1. The van der Waals surface area contributed by atoms with Crippen molar-refractivity contribution >= 4 is 0 Å². The molecule has 2 saturated carbocycles. The van der Waals surface area contributed by atoms with Crippen LogP contribution in [-0.2, 0) is 4.74 Å². The van der Waals surface area contributed by atoms with E-state index >= 15 is 0 Å². The maximum absolute atomic E-state index is 5.27. The molecule has 0 aromatic carbocycles. The van der Waals surface area contributed by atoms with Gasteiger partial charge in [-0.05, 0) is 42.9 Å². The van der Waals surface area contributed by atoms with Crippen LogP contribution in [0.4, 0.5) is 0 Å². The highest BCUT2D eigenvalue weighted by molar-refractivity contribution is 4.92. The van der Waals surface area contributed by atoms with Gasteiger partial charge in [0.25, 0.3) is 0 Å². The first kappa shape index (κ1) is 8.55. The van der Waals surface area contributed by atoms with Crippen LogP contribution in [0.15, 0.2) is 0 Å². The zero-order valence-corrected chi connectivity index (χ0v) is 8.25. The molecule has 0 aliphatic heterocycles. The van der Waals surface area contributed by atoms with Crippen molar-refractivity contribution in [1.82, 2.24) is 0 Å². The Bertz CT molecular complexity index is 155. The first-order valence-electron chi connectivity index (χ1n) is 5.32. The number of rotatable bonds is 2. The largest absolute Gasteiger partial charge is 0.384 e. The zero-order valence-electron chi connectivity index (χ0n) is 8.25. The van der Waals surface area contributed by atoms with Gasteiger partial charge in [0.2, 0.25) is 0 Å². The van der Waals surface area contributed by atoms with Crippen molar-refractivity contribution < 1.29 is 4.74 Å². The van der Waals surface area contributed by atoms with Crippen LogP contribution in [0.2, 0.25) is 0 Å². The molecule has 1 nitrogen and oxygen atoms in total. The first-order valence-corrected chi connectivity index (χ1v) is 5.32. The number of fused-ring (bicyclic) bond motifs is 1. The van der Waals surface area contributed by atoms with E-state index in [1.54, 1.807) is 0 Å². The van der Waals surface area contributed by atoms with Crippen molar-refractivity contribution in [2.45, 2.75) is 32.6 Å². The van der Waals surface area contributed by atoms with Gasteiger partial charge in [0.1, 0.15) is 0 Å². The van der Waals surface area contributed by atoms with Crippen molar-refractivity contribution in [2.75, 3.05) is 13.7 Å². The third-order valence-corrected chi connectivity index (χ3v) is 4.09.